The fourth-order valence-corrected chi connectivity index (χ4v) is 7.18. The van der Waals surface area contributed by atoms with Crippen LogP contribution >= 0.6 is 0 Å². The van der Waals surface area contributed by atoms with Crippen molar-refractivity contribution in [2.45, 2.75) is 71.1 Å². The quantitative estimate of drug-likeness (QED) is 0.328. The summed E-state index contributed by atoms with van der Waals surface area (Å²) < 4.78 is 79.9. The Morgan fingerprint density at radius 3 is 2.23 bits per heavy atom. The lowest BCUT2D eigenvalue weighted by molar-refractivity contribution is 0.0504. The Labute approximate surface area is 204 Å². The van der Waals surface area contributed by atoms with E-state index >= 15 is 0 Å². The molecular formula is C21H29BO11S2. The van der Waals surface area contributed by atoms with Gasteiger partial charge in [0.25, 0.3) is 0 Å². The van der Waals surface area contributed by atoms with Crippen LogP contribution in [0, 0.1) is 11.3 Å². The molecule has 3 unspecified atom stereocenters. The van der Waals surface area contributed by atoms with E-state index in [2.05, 4.69) is 29.1 Å². The highest BCUT2D eigenvalue weighted by Gasteiger charge is 2.52. The van der Waals surface area contributed by atoms with Crippen molar-refractivity contribution in [2.24, 2.45) is 11.3 Å². The second kappa shape index (κ2) is 8.35. The third-order valence-corrected chi connectivity index (χ3v) is 8.51. The molecule has 0 aliphatic heterocycles. The predicted octanol–water partition coefficient (Wildman–Crippen LogP) is 2.46. The molecule has 0 radical (unpaired) electrons. The van der Waals surface area contributed by atoms with Crippen molar-refractivity contribution in [1.29, 1.82) is 0 Å². The lowest BCUT2D eigenvalue weighted by Gasteiger charge is -2.50. The van der Waals surface area contributed by atoms with Crippen LogP contribution in [0.4, 0.5) is 0 Å². The molecule has 2 aromatic rings. The fourth-order valence-electron chi connectivity index (χ4n) is 6.45. The summed E-state index contributed by atoms with van der Waals surface area (Å²) in [5, 5.41) is 20.6. The van der Waals surface area contributed by atoms with Crippen molar-refractivity contribution >= 4 is 44.3 Å². The van der Waals surface area contributed by atoms with Gasteiger partial charge in [-0.1, -0.05) is 34.1 Å². The van der Waals surface area contributed by atoms with Crippen LogP contribution in [-0.2, 0) is 26.2 Å². The molecule has 1 saturated carbocycles. The monoisotopic (exact) mass is 532 g/mol. The second-order valence-electron chi connectivity index (χ2n) is 10.5. The van der Waals surface area contributed by atoms with E-state index in [-0.39, 0.29) is 28.2 Å². The van der Waals surface area contributed by atoms with Crippen LogP contribution in [0.2, 0.25) is 0 Å². The molecule has 0 bridgehead atoms. The minimum atomic E-state index is -5.27. The Morgan fingerprint density at radius 2 is 1.66 bits per heavy atom. The van der Waals surface area contributed by atoms with E-state index in [0.717, 1.165) is 43.7 Å². The van der Waals surface area contributed by atoms with E-state index in [1.807, 2.05) is 6.92 Å². The Bertz CT molecular complexity index is 1380. The highest BCUT2D eigenvalue weighted by Crippen LogP contribution is 2.59. The molecule has 4 N–H and O–H groups in total. The number of benzene rings is 1. The summed E-state index contributed by atoms with van der Waals surface area (Å²) >= 11 is 0. The predicted molar refractivity (Wildman–Crippen MR) is 127 cm³/mol. The first-order valence-electron chi connectivity index (χ1n) is 11.3. The van der Waals surface area contributed by atoms with Gasteiger partial charge in [0.15, 0.2) is 11.5 Å². The summed E-state index contributed by atoms with van der Waals surface area (Å²) in [6, 6.07) is 1.12. The summed E-state index contributed by atoms with van der Waals surface area (Å²) in [6.45, 7) is 8.49. The van der Waals surface area contributed by atoms with Gasteiger partial charge < -0.3 is 22.8 Å². The molecule has 14 heteroatoms. The minimum absolute atomic E-state index is 0.0148. The van der Waals surface area contributed by atoms with Crippen LogP contribution < -0.4 is 13.8 Å². The molecule has 11 nitrogen and oxygen atoms in total. The number of furan rings is 1. The molecule has 194 valence electrons. The van der Waals surface area contributed by atoms with Crippen LogP contribution in [-0.4, -0.2) is 43.1 Å². The van der Waals surface area contributed by atoms with Crippen molar-refractivity contribution in [2.75, 3.05) is 0 Å². The Hall–Kier alpha value is -1.84. The third-order valence-electron chi connectivity index (χ3n) is 7.74. The topological polar surface area (TPSA) is 181 Å². The number of hydrogen-bond acceptors (Lipinski definition) is 9. The van der Waals surface area contributed by atoms with Gasteiger partial charge in [0.05, 0.1) is 5.46 Å². The molecule has 2 aliphatic rings. The molecule has 1 aromatic heterocycles. The molecule has 1 aromatic carbocycles. The maximum Gasteiger partial charge on any atom is 0.496 e. The zero-order valence-corrected chi connectivity index (χ0v) is 21.4. The molecule has 2 aliphatic carbocycles. The van der Waals surface area contributed by atoms with Gasteiger partial charge >= 0.3 is 27.9 Å². The summed E-state index contributed by atoms with van der Waals surface area (Å²) in [4.78, 5) is 0. The molecule has 3 atom stereocenters. The molecular weight excluding hydrogens is 503 g/mol. The van der Waals surface area contributed by atoms with Gasteiger partial charge in [-0.15, -0.1) is 0 Å². The van der Waals surface area contributed by atoms with Crippen LogP contribution in [0.5, 0.6) is 11.5 Å². The van der Waals surface area contributed by atoms with Crippen LogP contribution in [0.25, 0.3) is 11.0 Å². The summed E-state index contributed by atoms with van der Waals surface area (Å²) in [5.41, 5.74) is -0.501. The lowest BCUT2D eigenvalue weighted by atomic mass is 9.53. The van der Waals surface area contributed by atoms with Gasteiger partial charge in [0.1, 0.15) is 11.3 Å². The summed E-state index contributed by atoms with van der Waals surface area (Å²) in [5.74, 6) is -1.19. The van der Waals surface area contributed by atoms with E-state index < -0.39 is 50.3 Å². The molecule has 35 heavy (non-hydrogen) atoms. The normalized spacial score (nSPS) is 26.5. The first-order chi connectivity index (χ1) is 15.9. The zero-order chi connectivity index (χ0) is 26.1. The first-order valence-corrected chi connectivity index (χ1v) is 14.0. The van der Waals surface area contributed by atoms with Gasteiger partial charge in [-0.25, -0.2) is 0 Å². The van der Waals surface area contributed by atoms with E-state index in [0.29, 0.717) is 5.76 Å². The summed E-state index contributed by atoms with van der Waals surface area (Å²) in [6.07, 6.45) is 4.45. The Morgan fingerprint density at radius 1 is 1.03 bits per heavy atom. The lowest BCUT2D eigenvalue weighted by Crippen LogP contribution is -2.44. The van der Waals surface area contributed by atoms with E-state index in [1.165, 1.54) is 0 Å². The number of hydrogen-bond donors (Lipinski definition) is 4. The van der Waals surface area contributed by atoms with Crippen molar-refractivity contribution in [1.82, 2.24) is 0 Å². The van der Waals surface area contributed by atoms with E-state index in [9.17, 15) is 36.0 Å². The van der Waals surface area contributed by atoms with Crippen molar-refractivity contribution in [3.05, 3.63) is 17.4 Å². The van der Waals surface area contributed by atoms with Gasteiger partial charge in [-0.05, 0) is 48.5 Å². The number of rotatable bonds is 5. The average Bonchev–Trinajstić information content (AvgIpc) is 2.99. The smallest absolute Gasteiger partial charge is 0.461 e. The third kappa shape index (κ3) is 4.67. The minimum Gasteiger partial charge on any atom is -0.461 e. The highest BCUT2D eigenvalue weighted by atomic mass is 32.3. The molecule has 1 fully saturated rings. The van der Waals surface area contributed by atoms with Crippen molar-refractivity contribution in [3.8, 4) is 11.5 Å². The molecule has 4 rings (SSSR count). The summed E-state index contributed by atoms with van der Waals surface area (Å²) in [7, 11) is -12.9. The van der Waals surface area contributed by atoms with Crippen molar-refractivity contribution in [3.63, 3.8) is 0 Å². The average molecular weight is 532 g/mol. The largest absolute Gasteiger partial charge is 0.496 e. The highest BCUT2D eigenvalue weighted by molar-refractivity contribution is 7.81. The molecule has 1 heterocycles. The van der Waals surface area contributed by atoms with Gasteiger partial charge in [-0.2, -0.15) is 16.8 Å². The molecule has 0 amide bonds. The Balaban J connectivity index is 2.14. The van der Waals surface area contributed by atoms with E-state index in [4.69, 9.17) is 4.42 Å². The second-order valence-corrected chi connectivity index (χ2v) is 12.6. The molecule has 0 saturated heterocycles. The maximum absolute atomic E-state index is 11.6. The van der Waals surface area contributed by atoms with E-state index in [1.54, 1.807) is 0 Å². The SMILES string of the molecule is CC1CCC2C(C)(C)CCCC2(C)c2c1oc1c(B(O)O)c(OS(=O)(=O)O)c(OS(=O)(=O)O)cc21. The van der Waals surface area contributed by atoms with Gasteiger partial charge in [0, 0.05) is 16.9 Å². The van der Waals surface area contributed by atoms with Crippen LogP contribution in [0.15, 0.2) is 10.5 Å². The number of fused-ring (bicyclic) bond motifs is 5. The van der Waals surface area contributed by atoms with Gasteiger partial charge in [0.2, 0.25) is 0 Å². The fraction of sp³-hybridized carbons (Fsp3) is 0.619. The zero-order valence-electron chi connectivity index (χ0n) is 19.8. The Kier molecular flexibility index (Phi) is 6.26. The van der Waals surface area contributed by atoms with Crippen molar-refractivity contribution < 1.29 is 48.8 Å². The maximum atomic E-state index is 11.6. The van der Waals surface area contributed by atoms with Crippen LogP contribution in [0.1, 0.15) is 77.0 Å². The first kappa shape index (κ1) is 26.2. The molecule has 0 spiro atoms. The van der Waals surface area contributed by atoms with Crippen LogP contribution in [0.3, 0.4) is 0 Å². The standard InChI is InChI=1S/C21H29BO11S2/c1-11-6-7-14-20(2,3)8-5-9-21(14,4)15-12-10-13(32-34(25,26)27)19(33-35(28,29)30)16(22(23)24)18(12)31-17(11)15/h10-11,14,23-24H,5-9H2,1-4H3,(H,25,26,27)(H,28,29,30). The van der Waals surface area contributed by atoms with Gasteiger partial charge in [-0.3, -0.25) is 9.11 Å².